The Kier molecular flexibility index (Phi) is 3.60. The second kappa shape index (κ2) is 4.97. The van der Waals surface area contributed by atoms with Crippen molar-refractivity contribution in [3.05, 3.63) is 39.1 Å². The predicted molar refractivity (Wildman–Crippen MR) is 71.7 cm³/mol. The van der Waals surface area contributed by atoms with Crippen molar-refractivity contribution >= 4 is 34.2 Å². The number of methoxy groups -OCH3 is 1. The molecule has 1 aromatic carbocycles. The maximum Gasteiger partial charge on any atom is 0.216 e. The molecule has 0 saturated carbocycles. The van der Waals surface area contributed by atoms with Crippen molar-refractivity contribution in [3.8, 4) is 17.3 Å². The van der Waals surface area contributed by atoms with Crippen molar-refractivity contribution < 1.29 is 4.74 Å². The molecule has 16 heavy (non-hydrogen) atoms. The van der Waals surface area contributed by atoms with Gasteiger partial charge in [0, 0.05) is 26.4 Å². The summed E-state index contributed by atoms with van der Waals surface area (Å²) < 4.78 is 6.11. The summed E-state index contributed by atoms with van der Waals surface area (Å²) in [5.74, 6) is 1.16. The predicted octanol–water partition coefficient (Wildman–Crippen LogP) is 3.41. The van der Waals surface area contributed by atoms with Crippen LogP contribution >= 0.6 is 34.2 Å². The van der Waals surface area contributed by atoms with Crippen LogP contribution in [-0.4, -0.2) is 17.1 Å². The fourth-order valence-electron chi connectivity index (χ4n) is 1.25. The first-order valence-electron chi connectivity index (χ1n) is 4.53. The van der Waals surface area contributed by atoms with Gasteiger partial charge in [-0.15, -0.1) is 0 Å². The monoisotopic (exact) mass is 346 g/mol. The molecule has 0 fully saturated rings. The summed E-state index contributed by atoms with van der Waals surface area (Å²) in [5.41, 5.74) is 0.909. The van der Waals surface area contributed by atoms with Gasteiger partial charge in [0.1, 0.15) is 0 Å². The van der Waals surface area contributed by atoms with Crippen LogP contribution in [-0.2, 0) is 0 Å². The van der Waals surface area contributed by atoms with E-state index in [2.05, 4.69) is 32.6 Å². The molecule has 0 bridgehead atoms. The number of halogens is 2. The number of hydrogen-bond acceptors (Lipinski definition) is 3. The molecule has 0 aliphatic heterocycles. The Morgan fingerprint density at radius 1 is 1.31 bits per heavy atom. The van der Waals surface area contributed by atoms with Crippen LogP contribution in [0.3, 0.4) is 0 Å². The van der Waals surface area contributed by atoms with Gasteiger partial charge in [-0.3, -0.25) is 0 Å². The highest BCUT2D eigenvalue weighted by molar-refractivity contribution is 14.1. The summed E-state index contributed by atoms with van der Waals surface area (Å²) in [5, 5.41) is 0.668. The van der Waals surface area contributed by atoms with Crippen LogP contribution in [0.15, 0.2) is 30.5 Å². The lowest BCUT2D eigenvalue weighted by molar-refractivity contribution is 0.397. The summed E-state index contributed by atoms with van der Waals surface area (Å²) in [6.45, 7) is 0. The second-order valence-corrected chi connectivity index (χ2v) is 4.65. The van der Waals surface area contributed by atoms with Gasteiger partial charge in [0.15, 0.2) is 5.82 Å². The van der Waals surface area contributed by atoms with E-state index in [1.807, 2.05) is 18.2 Å². The van der Waals surface area contributed by atoms with Gasteiger partial charge in [0.25, 0.3) is 0 Å². The van der Waals surface area contributed by atoms with E-state index < -0.39 is 0 Å². The quantitative estimate of drug-likeness (QED) is 0.782. The van der Waals surface area contributed by atoms with Crippen molar-refractivity contribution in [1.29, 1.82) is 0 Å². The van der Waals surface area contributed by atoms with Gasteiger partial charge >= 0.3 is 0 Å². The molecule has 0 atom stereocenters. The summed E-state index contributed by atoms with van der Waals surface area (Å²) in [4.78, 5) is 8.47. The number of hydrogen-bond donors (Lipinski definition) is 0. The third kappa shape index (κ3) is 2.44. The topological polar surface area (TPSA) is 35.0 Å². The third-order valence-corrected chi connectivity index (χ3v) is 3.18. The Hall–Kier alpha value is -0.880. The molecule has 3 nitrogen and oxygen atoms in total. The van der Waals surface area contributed by atoms with Gasteiger partial charge in [0.05, 0.1) is 7.11 Å². The van der Waals surface area contributed by atoms with Crippen LogP contribution in [0.2, 0.25) is 5.02 Å². The zero-order valence-electron chi connectivity index (χ0n) is 8.45. The lowest BCUT2D eigenvalue weighted by atomic mass is 10.2. The maximum atomic E-state index is 5.95. The molecule has 0 N–H and O–H groups in total. The Bertz CT molecular complexity index is 519. The van der Waals surface area contributed by atoms with Crippen LogP contribution in [0.1, 0.15) is 0 Å². The van der Waals surface area contributed by atoms with Crippen molar-refractivity contribution in [2.24, 2.45) is 0 Å². The Balaban J connectivity index is 2.53. The first-order chi connectivity index (χ1) is 7.70. The first-order valence-corrected chi connectivity index (χ1v) is 5.99. The average Bonchev–Trinajstić information content (AvgIpc) is 2.32. The van der Waals surface area contributed by atoms with Crippen molar-refractivity contribution in [3.63, 3.8) is 0 Å². The number of aromatic nitrogens is 2. The van der Waals surface area contributed by atoms with Crippen LogP contribution < -0.4 is 4.74 Å². The standard InChI is InChI=1S/C11H8ClIN2O/c1-16-10-4-5-14-11(15-10)8-6-7(12)2-3-9(8)13/h2-6H,1H3. The Morgan fingerprint density at radius 2 is 2.12 bits per heavy atom. The summed E-state index contributed by atoms with van der Waals surface area (Å²) in [7, 11) is 1.58. The van der Waals surface area contributed by atoms with Crippen LogP contribution in [0.25, 0.3) is 11.4 Å². The SMILES string of the molecule is COc1ccnc(-c2cc(Cl)ccc2I)n1. The first kappa shape index (κ1) is 11.6. The van der Waals surface area contributed by atoms with Crippen LogP contribution in [0.4, 0.5) is 0 Å². The van der Waals surface area contributed by atoms with Crippen molar-refractivity contribution in [2.45, 2.75) is 0 Å². The molecule has 1 heterocycles. The number of rotatable bonds is 2. The zero-order chi connectivity index (χ0) is 11.5. The minimum atomic E-state index is 0.542. The average molecular weight is 347 g/mol. The Morgan fingerprint density at radius 3 is 2.88 bits per heavy atom. The van der Waals surface area contributed by atoms with E-state index in [1.165, 1.54) is 0 Å². The molecule has 1 aromatic heterocycles. The highest BCUT2D eigenvalue weighted by atomic mass is 127. The molecule has 0 spiro atoms. The third-order valence-electron chi connectivity index (χ3n) is 2.01. The number of benzene rings is 1. The van der Waals surface area contributed by atoms with E-state index in [1.54, 1.807) is 19.4 Å². The molecule has 2 rings (SSSR count). The summed E-state index contributed by atoms with van der Waals surface area (Å²) in [6.07, 6.45) is 1.66. The fraction of sp³-hybridized carbons (Fsp3) is 0.0909. The van der Waals surface area contributed by atoms with E-state index in [0.717, 1.165) is 9.13 Å². The normalized spacial score (nSPS) is 10.2. The molecular formula is C11H8ClIN2O. The second-order valence-electron chi connectivity index (χ2n) is 3.05. The molecule has 0 aliphatic rings. The van der Waals surface area contributed by atoms with Gasteiger partial charge in [-0.2, -0.15) is 4.98 Å². The van der Waals surface area contributed by atoms with E-state index in [4.69, 9.17) is 16.3 Å². The number of ether oxygens (including phenoxy) is 1. The van der Waals surface area contributed by atoms with Crippen molar-refractivity contribution in [2.75, 3.05) is 7.11 Å². The van der Waals surface area contributed by atoms with Gasteiger partial charge in [-0.1, -0.05) is 11.6 Å². The Labute approximate surface area is 112 Å². The molecule has 5 heteroatoms. The molecule has 0 unspecified atom stereocenters. The molecule has 2 aromatic rings. The smallest absolute Gasteiger partial charge is 0.216 e. The highest BCUT2D eigenvalue weighted by Gasteiger charge is 2.07. The molecule has 0 radical (unpaired) electrons. The van der Waals surface area contributed by atoms with E-state index >= 15 is 0 Å². The molecule has 0 saturated heterocycles. The molecule has 0 amide bonds. The largest absolute Gasteiger partial charge is 0.481 e. The zero-order valence-corrected chi connectivity index (χ0v) is 11.4. The van der Waals surface area contributed by atoms with Gasteiger partial charge < -0.3 is 4.74 Å². The fourth-order valence-corrected chi connectivity index (χ4v) is 2.00. The van der Waals surface area contributed by atoms with Crippen LogP contribution in [0.5, 0.6) is 5.88 Å². The molecule has 0 aliphatic carbocycles. The number of nitrogens with zero attached hydrogens (tertiary/aromatic N) is 2. The van der Waals surface area contributed by atoms with E-state index in [0.29, 0.717) is 16.7 Å². The summed E-state index contributed by atoms with van der Waals surface area (Å²) >= 11 is 8.18. The van der Waals surface area contributed by atoms with Gasteiger partial charge in [-0.05, 0) is 40.8 Å². The highest BCUT2D eigenvalue weighted by Crippen LogP contribution is 2.26. The van der Waals surface area contributed by atoms with E-state index in [9.17, 15) is 0 Å². The molecule has 82 valence electrons. The molecular weight excluding hydrogens is 338 g/mol. The summed E-state index contributed by atoms with van der Waals surface area (Å²) in [6, 6.07) is 7.33. The van der Waals surface area contributed by atoms with Gasteiger partial charge in [0.2, 0.25) is 5.88 Å². The van der Waals surface area contributed by atoms with Crippen molar-refractivity contribution in [1.82, 2.24) is 9.97 Å². The van der Waals surface area contributed by atoms with Gasteiger partial charge in [-0.25, -0.2) is 4.98 Å². The minimum Gasteiger partial charge on any atom is -0.481 e. The minimum absolute atomic E-state index is 0.542. The lowest BCUT2D eigenvalue weighted by Crippen LogP contribution is -1.94. The van der Waals surface area contributed by atoms with E-state index in [-0.39, 0.29) is 0 Å². The lowest BCUT2D eigenvalue weighted by Gasteiger charge is -2.05. The van der Waals surface area contributed by atoms with Crippen LogP contribution in [0, 0.1) is 3.57 Å². The maximum absolute atomic E-state index is 5.95.